The third-order valence-electron chi connectivity index (χ3n) is 4.40. The van der Waals surface area contributed by atoms with Crippen molar-refractivity contribution in [3.8, 4) is 0 Å². The summed E-state index contributed by atoms with van der Waals surface area (Å²) in [5.41, 5.74) is 1.04. The molecule has 1 fully saturated rings. The fraction of sp³-hybridized carbons (Fsp3) is 0.625. The molecule has 2 N–H and O–H groups in total. The van der Waals surface area contributed by atoms with Crippen LogP contribution in [-0.4, -0.2) is 23.5 Å². The summed E-state index contributed by atoms with van der Waals surface area (Å²) in [7, 11) is 1.98. The van der Waals surface area contributed by atoms with Crippen LogP contribution in [0, 0.1) is 0 Å². The smallest absolute Gasteiger partial charge is 0.222 e. The Bertz CT molecular complexity index is 427. The van der Waals surface area contributed by atoms with Crippen LogP contribution in [-0.2, 0) is 4.79 Å². The minimum atomic E-state index is -0.00298. The molecule has 4 nitrogen and oxygen atoms in total. The molecule has 1 aliphatic rings. The zero-order valence-corrected chi connectivity index (χ0v) is 12.5. The summed E-state index contributed by atoms with van der Waals surface area (Å²) in [5, 5.41) is 6.47. The minimum Gasteiger partial charge on any atom is -0.349 e. The number of nitrogens with one attached hydrogen (secondary N) is 2. The Balaban J connectivity index is 1.91. The maximum absolute atomic E-state index is 12.3. The molecule has 0 spiro atoms. The van der Waals surface area contributed by atoms with E-state index < -0.39 is 0 Å². The van der Waals surface area contributed by atoms with E-state index in [4.69, 9.17) is 0 Å². The van der Waals surface area contributed by atoms with Gasteiger partial charge in [-0.25, -0.2) is 0 Å². The van der Waals surface area contributed by atoms with Gasteiger partial charge in [0.2, 0.25) is 5.91 Å². The van der Waals surface area contributed by atoms with Gasteiger partial charge >= 0.3 is 0 Å². The van der Waals surface area contributed by atoms with Gasteiger partial charge in [0.1, 0.15) is 0 Å². The van der Waals surface area contributed by atoms with Crippen LogP contribution in [0.4, 0.5) is 0 Å². The molecule has 1 aromatic heterocycles. The fourth-order valence-corrected chi connectivity index (χ4v) is 3.06. The average Bonchev–Trinajstić information content (AvgIpc) is 2.49. The van der Waals surface area contributed by atoms with E-state index in [1.807, 2.05) is 26.1 Å². The van der Waals surface area contributed by atoms with Crippen molar-refractivity contribution in [2.75, 3.05) is 7.05 Å². The third kappa shape index (κ3) is 3.79. The van der Waals surface area contributed by atoms with E-state index in [-0.39, 0.29) is 17.5 Å². The molecule has 110 valence electrons. The van der Waals surface area contributed by atoms with E-state index in [1.165, 1.54) is 19.3 Å². The number of carbonyl (C=O) groups is 1. The van der Waals surface area contributed by atoms with E-state index in [0.29, 0.717) is 6.42 Å². The number of hydrogen-bond acceptors (Lipinski definition) is 3. The van der Waals surface area contributed by atoms with Crippen molar-refractivity contribution in [1.29, 1.82) is 0 Å². The lowest BCUT2D eigenvalue weighted by molar-refractivity contribution is -0.123. The third-order valence-corrected chi connectivity index (χ3v) is 4.40. The Morgan fingerprint density at radius 2 is 2.15 bits per heavy atom. The van der Waals surface area contributed by atoms with E-state index in [9.17, 15) is 4.79 Å². The lowest BCUT2D eigenvalue weighted by Gasteiger charge is -2.37. The second kappa shape index (κ2) is 6.84. The maximum Gasteiger partial charge on any atom is 0.222 e. The average molecular weight is 275 g/mol. The molecule has 1 atom stereocenters. The van der Waals surface area contributed by atoms with Gasteiger partial charge < -0.3 is 10.6 Å². The number of nitrogens with zero attached hydrogens (tertiary/aromatic N) is 1. The van der Waals surface area contributed by atoms with Crippen LogP contribution < -0.4 is 10.6 Å². The summed E-state index contributed by atoms with van der Waals surface area (Å²) in [6.45, 7) is 2.00. The molecule has 2 rings (SSSR count). The molecule has 0 radical (unpaired) electrons. The molecular weight excluding hydrogens is 250 g/mol. The standard InChI is InChI=1S/C16H25N3O/c1-13(14-7-6-10-18-12-14)19-15(20)11-16(17-2)8-4-3-5-9-16/h6-7,10,12-13,17H,3-5,8-9,11H2,1-2H3,(H,19,20)/t13-/m0/s1. The number of pyridine rings is 1. The molecule has 1 amide bonds. The summed E-state index contributed by atoms with van der Waals surface area (Å²) < 4.78 is 0. The van der Waals surface area contributed by atoms with E-state index in [2.05, 4.69) is 15.6 Å². The first-order valence-electron chi connectivity index (χ1n) is 7.53. The molecule has 0 unspecified atom stereocenters. The zero-order chi connectivity index (χ0) is 14.4. The largest absolute Gasteiger partial charge is 0.349 e. The Morgan fingerprint density at radius 3 is 2.75 bits per heavy atom. The lowest BCUT2D eigenvalue weighted by Crippen LogP contribution is -2.48. The van der Waals surface area contributed by atoms with Crippen molar-refractivity contribution in [2.24, 2.45) is 0 Å². The first-order chi connectivity index (χ1) is 9.65. The Labute approximate surface area is 121 Å². The van der Waals surface area contributed by atoms with Gasteiger partial charge in [0.25, 0.3) is 0 Å². The highest BCUT2D eigenvalue weighted by atomic mass is 16.1. The molecular formula is C16H25N3O. The van der Waals surface area contributed by atoms with Crippen LogP contribution in [0.2, 0.25) is 0 Å². The molecule has 20 heavy (non-hydrogen) atoms. The molecule has 0 aliphatic heterocycles. The van der Waals surface area contributed by atoms with Gasteiger partial charge in [-0.3, -0.25) is 9.78 Å². The van der Waals surface area contributed by atoms with Gasteiger partial charge in [-0.15, -0.1) is 0 Å². The van der Waals surface area contributed by atoms with Crippen molar-refractivity contribution >= 4 is 5.91 Å². The van der Waals surface area contributed by atoms with Gasteiger partial charge in [-0.1, -0.05) is 25.3 Å². The van der Waals surface area contributed by atoms with Crippen molar-refractivity contribution in [1.82, 2.24) is 15.6 Å². The minimum absolute atomic E-state index is 0.00298. The van der Waals surface area contributed by atoms with Gasteiger partial charge in [0, 0.05) is 24.4 Å². The van der Waals surface area contributed by atoms with Crippen molar-refractivity contribution in [3.63, 3.8) is 0 Å². The quantitative estimate of drug-likeness (QED) is 0.868. The SMILES string of the molecule is CNC1(CC(=O)N[C@@H](C)c2cccnc2)CCCCC1. The van der Waals surface area contributed by atoms with E-state index in [1.54, 1.807) is 12.4 Å². The normalized spacial score (nSPS) is 19.3. The molecule has 1 aliphatic carbocycles. The molecule has 4 heteroatoms. The summed E-state index contributed by atoms with van der Waals surface area (Å²) in [6, 6.07) is 3.90. The molecule has 0 bridgehead atoms. The molecule has 1 saturated carbocycles. The highest BCUT2D eigenvalue weighted by Gasteiger charge is 2.32. The Morgan fingerprint density at radius 1 is 1.40 bits per heavy atom. The molecule has 1 aromatic rings. The zero-order valence-electron chi connectivity index (χ0n) is 12.5. The number of rotatable bonds is 5. The number of amides is 1. The molecule has 0 saturated heterocycles. The van der Waals surface area contributed by atoms with Crippen LogP contribution in [0.5, 0.6) is 0 Å². The number of carbonyl (C=O) groups excluding carboxylic acids is 1. The molecule has 1 heterocycles. The van der Waals surface area contributed by atoms with Crippen molar-refractivity contribution in [3.05, 3.63) is 30.1 Å². The summed E-state index contributed by atoms with van der Waals surface area (Å²) in [6.07, 6.45) is 10.0. The summed E-state index contributed by atoms with van der Waals surface area (Å²) in [5.74, 6) is 0.123. The second-order valence-corrected chi connectivity index (χ2v) is 5.84. The van der Waals surface area contributed by atoms with E-state index >= 15 is 0 Å². The summed E-state index contributed by atoms with van der Waals surface area (Å²) in [4.78, 5) is 16.4. The summed E-state index contributed by atoms with van der Waals surface area (Å²) >= 11 is 0. The maximum atomic E-state index is 12.3. The van der Waals surface area contributed by atoms with Gasteiger partial charge in [-0.2, -0.15) is 0 Å². The Kier molecular flexibility index (Phi) is 5.12. The van der Waals surface area contributed by atoms with Gasteiger partial charge in [0.05, 0.1) is 6.04 Å². The van der Waals surface area contributed by atoms with Crippen LogP contribution >= 0.6 is 0 Å². The first-order valence-corrected chi connectivity index (χ1v) is 7.53. The number of aromatic nitrogens is 1. The van der Waals surface area contributed by atoms with Gasteiger partial charge in [0.15, 0.2) is 0 Å². The van der Waals surface area contributed by atoms with Crippen molar-refractivity contribution in [2.45, 2.75) is 57.0 Å². The second-order valence-electron chi connectivity index (χ2n) is 5.84. The van der Waals surface area contributed by atoms with Crippen LogP contribution in [0.25, 0.3) is 0 Å². The topological polar surface area (TPSA) is 54.0 Å². The number of hydrogen-bond donors (Lipinski definition) is 2. The van der Waals surface area contributed by atoms with Crippen LogP contribution in [0.3, 0.4) is 0 Å². The van der Waals surface area contributed by atoms with Crippen LogP contribution in [0.15, 0.2) is 24.5 Å². The van der Waals surface area contributed by atoms with E-state index in [0.717, 1.165) is 18.4 Å². The first kappa shape index (κ1) is 15.0. The lowest BCUT2D eigenvalue weighted by atomic mass is 9.79. The Hall–Kier alpha value is -1.42. The van der Waals surface area contributed by atoms with Crippen molar-refractivity contribution < 1.29 is 4.79 Å². The fourth-order valence-electron chi connectivity index (χ4n) is 3.06. The predicted molar refractivity (Wildman–Crippen MR) is 80.3 cm³/mol. The van der Waals surface area contributed by atoms with Crippen LogP contribution in [0.1, 0.15) is 57.1 Å². The predicted octanol–water partition coefficient (Wildman–Crippen LogP) is 2.57. The highest BCUT2D eigenvalue weighted by molar-refractivity contribution is 5.77. The monoisotopic (exact) mass is 275 g/mol. The van der Waals surface area contributed by atoms with Gasteiger partial charge in [-0.05, 0) is 38.4 Å². The highest BCUT2D eigenvalue weighted by Crippen LogP contribution is 2.30. The molecule has 0 aromatic carbocycles.